The molecule has 0 bridgehead atoms. The molecule has 5 amide bonds. The van der Waals surface area contributed by atoms with Gasteiger partial charge in [0.25, 0.3) is 5.91 Å². The molecule has 1 aromatic heterocycles. The summed E-state index contributed by atoms with van der Waals surface area (Å²) < 4.78 is 5.17. The molecule has 5 N–H and O–H groups in total. The Bertz CT molecular complexity index is 1270. The average molecular weight is 651 g/mol. The summed E-state index contributed by atoms with van der Waals surface area (Å²) in [5.74, 6) is -1.90. The Balaban J connectivity index is 1.24. The molecular weight excluding hydrogens is 600 g/mol. The van der Waals surface area contributed by atoms with Gasteiger partial charge < -0.3 is 35.9 Å². The smallest absolute Gasteiger partial charge is 0.287 e. The van der Waals surface area contributed by atoms with Gasteiger partial charge >= 0.3 is 0 Å². The minimum absolute atomic E-state index is 0.105. The number of nitrogens with zero attached hydrogens (tertiary/aromatic N) is 1. The van der Waals surface area contributed by atoms with E-state index in [1.54, 1.807) is 6.07 Å². The van der Waals surface area contributed by atoms with Crippen LogP contribution in [0.1, 0.15) is 86.7 Å². The molecule has 2 aromatic rings. The van der Waals surface area contributed by atoms with Crippen molar-refractivity contribution in [1.29, 1.82) is 0 Å². The lowest BCUT2D eigenvalue weighted by atomic mass is 9.84. The van der Waals surface area contributed by atoms with Crippen molar-refractivity contribution >= 4 is 29.5 Å². The van der Waals surface area contributed by atoms with E-state index in [-0.39, 0.29) is 24.8 Å². The van der Waals surface area contributed by atoms with Crippen LogP contribution in [0, 0.1) is 5.92 Å². The molecule has 0 spiro atoms. The van der Waals surface area contributed by atoms with E-state index in [4.69, 9.17) is 4.42 Å². The average Bonchev–Trinajstić information content (AvgIpc) is 3.65. The number of piperidine rings is 1. The van der Waals surface area contributed by atoms with Crippen molar-refractivity contribution in [2.45, 2.75) is 89.3 Å². The Kier molecular flexibility index (Phi) is 14.8. The third-order valence-corrected chi connectivity index (χ3v) is 8.91. The first kappa shape index (κ1) is 35.7. The summed E-state index contributed by atoms with van der Waals surface area (Å²) in [6, 6.07) is 11.1. The topological polar surface area (TPSA) is 162 Å². The Morgan fingerprint density at radius 2 is 1.45 bits per heavy atom. The van der Waals surface area contributed by atoms with Crippen molar-refractivity contribution in [1.82, 2.24) is 31.5 Å². The lowest BCUT2D eigenvalue weighted by Crippen LogP contribution is -2.51. The first-order valence-electron chi connectivity index (χ1n) is 17.1. The number of carbonyl (C=O) groups is 5. The van der Waals surface area contributed by atoms with E-state index in [0.29, 0.717) is 25.3 Å². The standard InChI is InChI=1S/C35H50N6O6/c42-31(24-38-34(45)29(22-26-12-4-1-5-13-26)40-35(46)30-17-11-21-47-30)36-25-32(43)39-28(16-10-20-41-18-8-3-9-19-41)33(44)37-23-27-14-6-2-7-15-27/h2,6-7,11,14-15,17,21,26,28-29H,1,3-5,8-10,12-13,16,18-20,22-25H2,(H,36,42)(H,37,44)(H,38,45)(H,39,43)(H,40,46). The number of rotatable bonds is 17. The van der Waals surface area contributed by atoms with Gasteiger partial charge in [0.2, 0.25) is 23.6 Å². The molecule has 2 fully saturated rings. The zero-order valence-electron chi connectivity index (χ0n) is 27.3. The maximum Gasteiger partial charge on any atom is 0.287 e. The summed E-state index contributed by atoms with van der Waals surface area (Å²) in [6.07, 6.45) is 12.0. The van der Waals surface area contributed by atoms with E-state index in [1.165, 1.54) is 31.6 Å². The molecule has 2 atom stereocenters. The first-order chi connectivity index (χ1) is 22.9. The van der Waals surface area contributed by atoms with Crippen LogP contribution in [-0.2, 0) is 25.7 Å². The SMILES string of the molecule is O=C(CNC(=O)C(CC1CCCCC1)NC(=O)c1ccco1)NCC(=O)NC(CCCN1CCCCC1)C(=O)NCc1ccccc1. The zero-order valence-corrected chi connectivity index (χ0v) is 27.3. The highest BCUT2D eigenvalue weighted by molar-refractivity contribution is 5.96. The van der Waals surface area contributed by atoms with Crippen molar-refractivity contribution in [3.05, 3.63) is 60.1 Å². The van der Waals surface area contributed by atoms with Gasteiger partial charge in [0, 0.05) is 6.54 Å². The molecule has 256 valence electrons. The summed E-state index contributed by atoms with van der Waals surface area (Å²) >= 11 is 0. The molecule has 4 rings (SSSR count). The van der Waals surface area contributed by atoms with E-state index in [9.17, 15) is 24.0 Å². The van der Waals surface area contributed by atoms with Gasteiger partial charge in [-0.25, -0.2) is 0 Å². The van der Waals surface area contributed by atoms with Crippen molar-refractivity contribution in [2.24, 2.45) is 5.92 Å². The van der Waals surface area contributed by atoms with Crippen molar-refractivity contribution in [2.75, 3.05) is 32.7 Å². The van der Waals surface area contributed by atoms with Crippen LogP contribution in [0.5, 0.6) is 0 Å². The van der Waals surface area contributed by atoms with Crippen LogP contribution in [0.2, 0.25) is 0 Å². The van der Waals surface area contributed by atoms with Crippen LogP contribution in [-0.4, -0.2) is 79.2 Å². The number of hydrogen-bond donors (Lipinski definition) is 5. The Morgan fingerprint density at radius 1 is 0.745 bits per heavy atom. The highest BCUT2D eigenvalue weighted by atomic mass is 16.3. The molecule has 1 aliphatic heterocycles. The second kappa shape index (κ2) is 19.5. The zero-order chi connectivity index (χ0) is 33.3. The molecule has 1 saturated carbocycles. The van der Waals surface area contributed by atoms with Crippen LogP contribution in [0.4, 0.5) is 0 Å². The molecule has 1 saturated heterocycles. The van der Waals surface area contributed by atoms with E-state index < -0.39 is 35.7 Å². The maximum atomic E-state index is 13.1. The fraction of sp³-hybridized carbons (Fsp3) is 0.571. The second-order valence-electron chi connectivity index (χ2n) is 12.6. The van der Waals surface area contributed by atoms with E-state index in [2.05, 4.69) is 31.5 Å². The fourth-order valence-electron chi connectivity index (χ4n) is 6.28. The summed E-state index contributed by atoms with van der Waals surface area (Å²) in [5, 5.41) is 13.6. The quantitative estimate of drug-likeness (QED) is 0.176. The second-order valence-corrected chi connectivity index (χ2v) is 12.6. The van der Waals surface area contributed by atoms with E-state index >= 15 is 0 Å². The lowest BCUT2D eigenvalue weighted by Gasteiger charge is -2.27. The van der Waals surface area contributed by atoms with Gasteiger partial charge in [0.1, 0.15) is 12.1 Å². The van der Waals surface area contributed by atoms with Gasteiger partial charge in [-0.05, 0) is 75.4 Å². The number of furan rings is 1. The number of likely N-dealkylation sites (tertiary alicyclic amines) is 1. The van der Waals surface area contributed by atoms with Gasteiger partial charge in [-0.2, -0.15) is 0 Å². The Labute approximate surface area is 277 Å². The largest absolute Gasteiger partial charge is 0.459 e. The van der Waals surface area contributed by atoms with E-state index in [1.807, 2.05) is 30.3 Å². The van der Waals surface area contributed by atoms with Gasteiger partial charge in [0.05, 0.1) is 19.4 Å². The Hall–Kier alpha value is -4.19. The first-order valence-corrected chi connectivity index (χ1v) is 17.1. The summed E-state index contributed by atoms with van der Waals surface area (Å²) in [5.41, 5.74) is 0.954. The number of nitrogens with one attached hydrogen (secondary N) is 5. The predicted molar refractivity (Wildman–Crippen MR) is 177 cm³/mol. The number of benzene rings is 1. The molecule has 12 nitrogen and oxygen atoms in total. The molecule has 47 heavy (non-hydrogen) atoms. The summed E-state index contributed by atoms with van der Waals surface area (Å²) in [4.78, 5) is 66.7. The minimum atomic E-state index is -0.827. The van der Waals surface area contributed by atoms with Crippen molar-refractivity contribution < 1.29 is 28.4 Å². The molecular formula is C35H50N6O6. The van der Waals surface area contributed by atoms with Crippen LogP contribution in [0.25, 0.3) is 0 Å². The number of hydrogen-bond acceptors (Lipinski definition) is 7. The molecule has 2 heterocycles. The monoisotopic (exact) mass is 650 g/mol. The minimum Gasteiger partial charge on any atom is -0.459 e. The van der Waals surface area contributed by atoms with Gasteiger partial charge in [-0.1, -0.05) is 68.9 Å². The summed E-state index contributed by atoms with van der Waals surface area (Å²) in [7, 11) is 0. The predicted octanol–water partition coefficient (Wildman–Crippen LogP) is 2.65. The molecule has 0 radical (unpaired) electrons. The fourth-order valence-corrected chi connectivity index (χ4v) is 6.28. The third kappa shape index (κ3) is 12.8. The summed E-state index contributed by atoms with van der Waals surface area (Å²) in [6.45, 7) is 2.61. The lowest BCUT2D eigenvalue weighted by molar-refractivity contribution is -0.130. The molecule has 2 unspecified atom stereocenters. The van der Waals surface area contributed by atoms with Gasteiger partial charge in [0.15, 0.2) is 5.76 Å². The van der Waals surface area contributed by atoms with E-state index in [0.717, 1.165) is 63.7 Å². The van der Waals surface area contributed by atoms with Crippen molar-refractivity contribution in [3.63, 3.8) is 0 Å². The van der Waals surface area contributed by atoms with Crippen LogP contribution in [0.3, 0.4) is 0 Å². The third-order valence-electron chi connectivity index (χ3n) is 8.91. The molecule has 2 aliphatic rings. The van der Waals surface area contributed by atoms with Crippen LogP contribution in [0.15, 0.2) is 53.1 Å². The highest BCUT2D eigenvalue weighted by Gasteiger charge is 2.27. The Morgan fingerprint density at radius 3 is 2.17 bits per heavy atom. The van der Waals surface area contributed by atoms with Gasteiger partial charge in [-0.3, -0.25) is 24.0 Å². The number of carbonyl (C=O) groups excluding carboxylic acids is 5. The molecule has 1 aromatic carbocycles. The van der Waals surface area contributed by atoms with Gasteiger partial charge in [-0.15, -0.1) is 0 Å². The normalized spacial score (nSPS) is 16.8. The van der Waals surface area contributed by atoms with Crippen LogP contribution >= 0.6 is 0 Å². The highest BCUT2D eigenvalue weighted by Crippen LogP contribution is 2.27. The maximum absolute atomic E-state index is 13.1. The molecule has 12 heteroatoms. The van der Waals surface area contributed by atoms with Crippen LogP contribution < -0.4 is 26.6 Å². The van der Waals surface area contributed by atoms with Crippen molar-refractivity contribution in [3.8, 4) is 0 Å². The number of amides is 5. The molecule has 1 aliphatic carbocycles.